The van der Waals surface area contributed by atoms with E-state index < -0.39 is 0 Å². The number of hydrogen-bond acceptors (Lipinski definition) is 1. The first-order chi connectivity index (χ1) is 8.02. The predicted molar refractivity (Wildman–Crippen MR) is 74.7 cm³/mol. The third-order valence-corrected chi connectivity index (χ3v) is 3.24. The maximum Gasteiger partial charge on any atom is 2.00 e. The number of nitrogens with zero attached hydrogens (tertiary/aromatic N) is 1. The first-order valence-electron chi connectivity index (χ1n) is 5.47. The molecule has 2 fully saturated rings. The first kappa shape index (κ1) is 19.1. The van der Waals surface area contributed by atoms with Gasteiger partial charge in [-0.15, -0.1) is 23.2 Å². The van der Waals surface area contributed by atoms with Gasteiger partial charge >= 0.3 is 17.1 Å². The smallest absolute Gasteiger partial charge is 0.306 e. The van der Waals surface area contributed by atoms with E-state index in [4.69, 9.17) is 23.2 Å². The van der Waals surface area contributed by atoms with E-state index >= 15 is 0 Å². The van der Waals surface area contributed by atoms with E-state index in [0.29, 0.717) is 6.04 Å². The van der Waals surface area contributed by atoms with E-state index in [2.05, 4.69) is 18.2 Å². The molecule has 0 saturated heterocycles. The summed E-state index contributed by atoms with van der Waals surface area (Å²) < 4.78 is 0. The van der Waals surface area contributed by atoms with Crippen molar-refractivity contribution in [2.24, 2.45) is 0 Å². The molecule has 2 saturated carbocycles. The zero-order valence-corrected chi connectivity index (χ0v) is 13.3. The minimum atomic E-state index is 0. The number of hydrogen-bond donors (Lipinski definition) is 0. The molecule has 0 bridgehead atoms. The number of rotatable bonds is 2. The van der Waals surface area contributed by atoms with Crippen LogP contribution in [0.1, 0.15) is 6.92 Å². The maximum absolute atomic E-state index is 5.95. The number of halogens is 2. The molecule has 0 N–H and O–H groups in total. The van der Waals surface area contributed by atoms with E-state index in [9.17, 15) is 0 Å². The Bertz CT molecular complexity index is 208. The van der Waals surface area contributed by atoms with Gasteiger partial charge in [-0.1, -0.05) is 0 Å². The van der Waals surface area contributed by atoms with Crippen LogP contribution in [0.5, 0.6) is 0 Å². The van der Waals surface area contributed by atoms with Crippen LogP contribution < -0.4 is 0 Å². The van der Waals surface area contributed by atoms with Crippen molar-refractivity contribution in [3.05, 3.63) is 61.6 Å². The summed E-state index contributed by atoms with van der Waals surface area (Å²) in [6, 6.07) is 0.400. The second kappa shape index (κ2) is 9.88. The van der Waals surface area contributed by atoms with Crippen molar-refractivity contribution in [2.75, 3.05) is 14.1 Å². The molecule has 98 valence electrons. The first-order valence-corrected chi connectivity index (χ1v) is 6.22. The van der Waals surface area contributed by atoms with Crippen molar-refractivity contribution in [1.82, 2.24) is 4.90 Å². The van der Waals surface area contributed by atoms with Gasteiger partial charge in [0.2, 0.25) is 0 Å². The Balaban J connectivity index is 0.000000352. The van der Waals surface area contributed by atoms with Crippen LogP contribution in [0.3, 0.4) is 0 Å². The molecule has 0 spiro atoms. The van der Waals surface area contributed by atoms with Crippen LogP contribution in [0, 0.1) is 61.6 Å². The fraction of sp³-hybridized carbons (Fsp3) is 0.286. The molecule has 0 unspecified atom stereocenters. The van der Waals surface area contributed by atoms with Crippen LogP contribution in [0.2, 0.25) is 0 Å². The normalized spacial score (nSPS) is 23.7. The van der Waals surface area contributed by atoms with Crippen LogP contribution in [-0.2, 0) is 17.1 Å². The van der Waals surface area contributed by atoms with Gasteiger partial charge < -0.3 is 4.90 Å². The molecule has 2 aliphatic rings. The Kier molecular flexibility index (Phi) is 10.5. The molecule has 0 heterocycles. The molecule has 10 radical (unpaired) electrons. The van der Waals surface area contributed by atoms with Gasteiger partial charge in [0.05, 0.1) is 10.8 Å². The summed E-state index contributed by atoms with van der Waals surface area (Å²) in [5, 5.41) is 1.68. The van der Waals surface area contributed by atoms with E-state index in [1.54, 1.807) is 0 Å². The van der Waals surface area contributed by atoms with Gasteiger partial charge in [-0.2, -0.15) is 0 Å². The fourth-order valence-electron chi connectivity index (χ4n) is 1.38. The Hall–Kier alpha value is 1.06. The average Bonchev–Trinajstić information content (AvgIpc) is 2.89. The molecule has 2 aliphatic carbocycles. The van der Waals surface area contributed by atoms with Crippen molar-refractivity contribution in [1.29, 1.82) is 0 Å². The summed E-state index contributed by atoms with van der Waals surface area (Å²) in [5.41, 5.74) is 0. The summed E-state index contributed by atoms with van der Waals surface area (Å²) in [7, 11) is 4.10. The Morgan fingerprint density at radius 2 is 1.50 bits per heavy atom. The van der Waals surface area contributed by atoms with Crippen LogP contribution in [0.4, 0.5) is 0 Å². The largest absolute Gasteiger partial charge is 2.00 e. The minimum absolute atomic E-state index is 0. The second-order valence-corrected chi connectivity index (χ2v) is 4.92. The molecule has 0 aromatic heterocycles. The quantitative estimate of drug-likeness (QED) is 0.702. The summed E-state index contributed by atoms with van der Waals surface area (Å²) in [6.07, 6.45) is 13.5. The van der Waals surface area contributed by atoms with Crippen LogP contribution in [0.25, 0.3) is 0 Å². The molecule has 1 atom stereocenters. The standard InChI is InChI=1S/C9H13ClN.C5H4Cl.Fe/c1-7(11(2)3)8-5-4-6-9(8)10;6-5-3-1-2-4-5;/h4-7H,1-3H3;1-4H;/q;;+2/t7-;;/m1../s1. The molecule has 0 amide bonds. The topological polar surface area (TPSA) is 3.24 Å². The van der Waals surface area contributed by atoms with Crippen LogP contribution >= 0.6 is 23.2 Å². The summed E-state index contributed by atoms with van der Waals surface area (Å²) >= 11 is 11.4. The van der Waals surface area contributed by atoms with E-state index in [-0.39, 0.29) is 17.1 Å². The van der Waals surface area contributed by atoms with Gasteiger partial charge in [-0.05, 0) is 66.0 Å². The zero-order valence-electron chi connectivity index (χ0n) is 10.7. The van der Waals surface area contributed by atoms with Crippen molar-refractivity contribution in [3.8, 4) is 0 Å². The zero-order chi connectivity index (χ0) is 12.8. The Morgan fingerprint density at radius 3 is 1.78 bits per heavy atom. The molecular weight excluding hydrogens is 309 g/mol. The maximum atomic E-state index is 5.95. The van der Waals surface area contributed by atoms with Gasteiger partial charge in [0.25, 0.3) is 0 Å². The van der Waals surface area contributed by atoms with E-state index in [1.807, 2.05) is 52.6 Å². The summed E-state index contributed by atoms with van der Waals surface area (Å²) in [5.74, 6) is 1.21. The van der Waals surface area contributed by atoms with Crippen LogP contribution in [0.15, 0.2) is 0 Å². The Morgan fingerprint density at radius 1 is 0.944 bits per heavy atom. The van der Waals surface area contributed by atoms with Crippen molar-refractivity contribution >= 4 is 23.2 Å². The van der Waals surface area contributed by atoms with Gasteiger partial charge in [-0.25, -0.2) is 0 Å². The molecule has 0 aromatic carbocycles. The molecule has 1 nitrogen and oxygen atoms in total. The molecule has 2 rings (SSSR count). The summed E-state index contributed by atoms with van der Waals surface area (Å²) in [6.45, 7) is 2.14. The minimum Gasteiger partial charge on any atom is -0.306 e. The summed E-state index contributed by atoms with van der Waals surface area (Å²) in [4.78, 5) is 2.14. The Labute approximate surface area is 133 Å². The molecule has 0 aliphatic heterocycles. The van der Waals surface area contributed by atoms with Crippen molar-refractivity contribution in [2.45, 2.75) is 13.0 Å². The van der Waals surface area contributed by atoms with Crippen molar-refractivity contribution < 1.29 is 17.1 Å². The molecular formula is C14H17Cl2FeN+2. The third kappa shape index (κ3) is 6.48. The molecule has 4 heteroatoms. The van der Waals surface area contributed by atoms with E-state index in [0.717, 1.165) is 10.8 Å². The molecule has 18 heavy (non-hydrogen) atoms. The fourth-order valence-corrected chi connectivity index (χ4v) is 1.82. The second-order valence-electron chi connectivity index (χ2n) is 4.07. The molecule has 0 aromatic rings. The van der Waals surface area contributed by atoms with Gasteiger partial charge in [0.15, 0.2) is 0 Å². The monoisotopic (exact) mass is 325 g/mol. The van der Waals surface area contributed by atoms with E-state index in [1.165, 1.54) is 5.92 Å². The SMILES string of the molecule is C[C@H]([C]1[CH][CH][CH][C]1Cl)N(C)C.Cl[C]1[CH][CH][CH][CH]1.[Fe+2]. The third-order valence-electron chi connectivity index (χ3n) is 2.64. The van der Waals surface area contributed by atoms with Gasteiger partial charge in [0, 0.05) is 12.0 Å². The van der Waals surface area contributed by atoms with Crippen molar-refractivity contribution in [3.63, 3.8) is 0 Å². The van der Waals surface area contributed by atoms with Gasteiger partial charge in [0.1, 0.15) is 0 Å². The predicted octanol–water partition coefficient (Wildman–Crippen LogP) is 3.49. The van der Waals surface area contributed by atoms with Gasteiger partial charge in [-0.3, -0.25) is 0 Å². The van der Waals surface area contributed by atoms with Crippen LogP contribution in [-0.4, -0.2) is 25.0 Å². The average molecular weight is 326 g/mol.